The first-order valence-corrected chi connectivity index (χ1v) is 4.15. The molecule has 0 heterocycles. The van der Waals surface area contributed by atoms with E-state index in [0.29, 0.717) is 13.0 Å². The number of carboxylic acids is 1. The van der Waals surface area contributed by atoms with Gasteiger partial charge in [0.05, 0.1) is 0 Å². The fourth-order valence-corrected chi connectivity index (χ4v) is 1.02. The summed E-state index contributed by atoms with van der Waals surface area (Å²) in [4.78, 5) is 12.6. The smallest absolute Gasteiger partial charge is 0.320 e. The Morgan fingerprint density at radius 2 is 2.08 bits per heavy atom. The second-order valence-electron chi connectivity index (χ2n) is 3.19. The third-order valence-electron chi connectivity index (χ3n) is 2.03. The molecule has 0 saturated heterocycles. The molecule has 0 aromatic rings. The Bertz CT molecular complexity index is 148. The highest BCUT2D eigenvalue weighted by atomic mass is 16.4. The molecular formula is C8H18N2O2. The lowest BCUT2D eigenvalue weighted by Crippen LogP contribution is -2.43. The number of carbonyl (C=O) groups is 1. The molecular weight excluding hydrogens is 156 g/mol. The summed E-state index contributed by atoms with van der Waals surface area (Å²) in [5, 5.41) is 8.83. The van der Waals surface area contributed by atoms with E-state index in [9.17, 15) is 4.79 Å². The van der Waals surface area contributed by atoms with E-state index >= 15 is 0 Å². The number of likely N-dealkylation sites (N-methyl/N-ethyl adjacent to an activating group) is 1. The topological polar surface area (TPSA) is 66.6 Å². The van der Waals surface area contributed by atoms with E-state index in [2.05, 4.69) is 0 Å². The first-order chi connectivity index (χ1) is 5.50. The van der Waals surface area contributed by atoms with E-state index in [0.717, 1.165) is 0 Å². The normalized spacial score (nSPS) is 13.8. The van der Waals surface area contributed by atoms with Gasteiger partial charge in [0, 0.05) is 6.04 Å². The lowest BCUT2D eigenvalue weighted by Gasteiger charge is -2.27. The van der Waals surface area contributed by atoms with Gasteiger partial charge in [0.25, 0.3) is 0 Å². The highest BCUT2D eigenvalue weighted by Crippen LogP contribution is 2.05. The quantitative estimate of drug-likeness (QED) is 0.621. The molecule has 1 unspecified atom stereocenters. The largest absolute Gasteiger partial charge is 0.480 e. The number of nitrogens with two attached hydrogens (primary N) is 1. The average molecular weight is 174 g/mol. The molecule has 0 saturated carbocycles. The molecule has 0 amide bonds. The summed E-state index contributed by atoms with van der Waals surface area (Å²) in [6.07, 6.45) is 0.504. The van der Waals surface area contributed by atoms with Gasteiger partial charge in [-0.3, -0.25) is 9.69 Å². The van der Waals surface area contributed by atoms with Crippen LogP contribution < -0.4 is 5.73 Å². The van der Waals surface area contributed by atoms with Gasteiger partial charge < -0.3 is 10.8 Å². The van der Waals surface area contributed by atoms with Crippen molar-refractivity contribution in [1.82, 2.24) is 4.90 Å². The van der Waals surface area contributed by atoms with Crippen LogP contribution in [0.3, 0.4) is 0 Å². The van der Waals surface area contributed by atoms with Crippen molar-refractivity contribution in [3.8, 4) is 0 Å². The first kappa shape index (κ1) is 11.4. The number of nitrogens with zero attached hydrogens (tertiary/aromatic N) is 1. The second-order valence-corrected chi connectivity index (χ2v) is 3.19. The molecule has 0 aromatic heterocycles. The lowest BCUT2D eigenvalue weighted by atomic mass is 10.1. The van der Waals surface area contributed by atoms with Crippen LogP contribution in [0, 0.1) is 0 Å². The van der Waals surface area contributed by atoms with Crippen molar-refractivity contribution >= 4 is 5.97 Å². The van der Waals surface area contributed by atoms with Gasteiger partial charge in [0.2, 0.25) is 0 Å². The van der Waals surface area contributed by atoms with Gasteiger partial charge in [0.1, 0.15) is 6.04 Å². The Morgan fingerprint density at radius 3 is 2.33 bits per heavy atom. The SMILES string of the molecule is CC(C)N(C)C(CCN)C(=O)O. The van der Waals surface area contributed by atoms with E-state index in [-0.39, 0.29) is 6.04 Å². The van der Waals surface area contributed by atoms with Crippen LogP contribution in [-0.4, -0.2) is 41.7 Å². The van der Waals surface area contributed by atoms with Gasteiger partial charge in [0.15, 0.2) is 0 Å². The fourth-order valence-electron chi connectivity index (χ4n) is 1.02. The predicted octanol–water partition coefficient (Wildman–Crippen LogP) is 0.129. The zero-order valence-corrected chi connectivity index (χ0v) is 7.95. The monoisotopic (exact) mass is 174 g/mol. The number of carboxylic acid groups (broad SMARTS) is 1. The molecule has 0 rings (SSSR count). The summed E-state index contributed by atoms with van der Waals surface area (Å²) < 4.78 is 0. The number of hydrogen-bond acceptors (Lipinski definition) is 3. The predicted molar refractivity (Wildman–Crippen MR) is 48.0 cm³/mol. The van der Waals surface area contributed by atoms with Crippen molar-refractivity contribution in [2.24, 2.45) is 5.73 Å². The van der Waals surface area contributed by atoms with E-state index in [1.165, 1.54) is 0 Å². The van der Waals surface area contributed by atoms with Gasteiger partial charge >= 0.3 is 5.97 Å². The molecule has 0 radical (unpaired) electrons. The van der Waals surface area contributed by atoms with E-state index in [4.69, 9.17) is 10.8 Å². The number of rotatable bonds is 5. The molecule has 1 atom stereocenters. The minimum atomic E-state index is -0.795. The van der Waals surface area contributed by atoms with Crippen molar-refractivity contribution in [3.63, 3.8) is 0 Å². The summed E-state index contributed by atoms with van der Waals surface area (Å²) in [5.41, 5.74) is 5.32. The van der Waals surface area contributed by atoms with Gasteiger partial charge in [-0.25, -0.2) is 0 Å². The average Bonchev–Trinajstić information content (AvgIpc) is 1.98. The molecule has 12 heavy (non-hydrogen) atoms. The van der Waals surface area contributed by atoms with Crippen LogP contribution in [0.15, 0.2) is 0 Å². The third kappa shape index (κ3) is 3.19. The van der Waals surface area contributed by atoms with Crippen LogP contribution in [0.4, 0.5) is 0 Å². The number of hydrogen-bond donors (Lipinski definition) is 2. The molecule has 0 aliphatic heterocycles. The molecule has 0 spiro atoms. The molecule has 3 N–H and O–H groups in total. The van der Waals surface area contributed by atoms with E-state index < -0.39 is 12.0 Å². The van der Waals surface area contributed by atoms with Gasteiger partial charge in [-0.1, -0.05) is 0 Å². The van der Waals surface area contributed by atoms with Gasteiger partial charge in [-0.05, 0) is 33.9 Å². The van der Waals surface area contributed by atoms with Crippen LogP contribution in [0.25, 0.3) is 0 Å². The lowest BCUT2D eigenvalue weighted by molar-refractivity contribution is -0.143. The highest BCUT2D eigenvalue weighted by molar-refractivity contribution is 5.73. The van der Waals surface area contributed by atoms with Crippen LogP contribution in [0.2, 0.25) is 0 Å². The molecule has 0 fully saturated rings. The van der Waals surface area contributed by atoms with Crippen LogP contribution in [0.5, 0.6) is 0 Å². The Hall–Kier alpha value is -0.610. The maximum absolute atomic E-state index is 10.7. The summed E-state index contributed by atoms with van der Waals surface area (Å²) in [6, 6.07) is -0.215. The molecule has 4 nitrogen and oxygen atoms in total. The van der Waals surface area contributed by atoms with Crippen molar-refractivity contribution in [2.45, 2.75) is 32.4 Å². The third-order valence-corrected chi connectivity index (χ3v) is 2.03. The maximum Gasteiger partial charge on any atom is 0.320 e. The second kappa shape index (κ2) is 5.11. The molecule has 0 bridgehead atoms. The summed E-state index contributed by atoms with van der Waals surface area (Å²) >= 11 is 0. The van der Waals surface area contributed by atoms with E-state index in [1.54, 1.807) is 7.05 Å². The zero-order chi connectivity index (χ0) is 9.72. The Kier molecular flexibility index (Phi) is 4.85. The summed E-state index contributed by atoms with van der Waals surface area (Å²) in [5.74, 6) is -0.795. The first-order valence-electron chi connectivity index (χ1n) is 4.15. The zero-order valence-electron chi connectivity index (χ0n) is 7.95. The van der Waals surface area contributed by atoms with Gasteiger partial charge in [-0.2, -0.15) is 0 Å². The molecule has 72 valence electrons. The minimum Gasteiger partial charge on any atom is -0.480 e. The molecule has 0 aliphatic rings. The highest BCUT2D eigenvalue weighted by Gasteiger charge is 2.22. The summed E-state index contributed by atoms with van der Waals surface area (Å²) in [7, 11) is 1.80. The van der Waals surface area contributed by atoms with Gasteiger partial charge in [-0.15, -0.1) is 0 Å². The molecule has 4 heteroatoms. The van der Waals surface area contributed by atoms with E-state index in [1.807, 2.05) is 18.7 Å². The van der Waals surface area contributed by atoms with Crippen LogP contribution in [0.1, 0.15) is 20.3 Å². The Balaban J connectivity index is 4.18. The summed E-state index contributed by atoms with van der Waals surface area (Å²) in [6.45, 7) is 4.34. The van der Waals surface area contributed by atoms with Crippen molar-refractivity contribution in [1.29, 1.82) is 0 Å². The standard InChI is InChI=1S/C8H18N2O2/c1-6(2)10(3)7(4-5-9)8(11)12/h6-7H,4-5,9H2,1-3H3,(H,11,12). The minimum absolute atomic E-state index is 0.234. The molecule has 0 aromatic carbocycles. The van der Waals surface area contributed by atoms with Crippen LogP contribution in [-0.2, 0) is 4.79 Å². The molecule has 0 aliphatic carbocycles. The maximum atomic E-state index is 10.7. The number of aliphatic carboxylic acids is 1. The van der Waals surface area contributed by atoms with Crippen molar-refractivity contribution in [3.05, 3.63) is 0 Å². The fraction of sp³-hybridized carbons (Fsp3) is 0.875. The Labute approximate surface area is 73.3 Å². The Morgan fingerprint density at radius 1 is 1.58 bits per heavy atom. The van der Waals surface area contributed by atoms with Crippen molar-refractivity contribution in [2.75, 3.05) is 13.6 Å². The van der Waals surface area contributed by atoms with Crippen molar-refractivity contribution < 1.29 is 9.90 Å². The van der Waals surface area contributed by atoms with Crippen LogP contribution >= 0.6 is 0 Å².